The number of aryl methyl sites for hydroxylation is 1. The zero-order valence-corrected chi connectivity index (χ0v) is 11.8. The lowest BCUT2D eigenvalue weighted by atomic mass is 9.80. The van der Waals surface area contributed by atoms with Gasteiger partial charge in [-0.2, -0.15) is 0 Å². The van der Waals surface area contributed by atoms with E-state index in [4.69, 9.17) is 0 Å². The van der Waals surface area contributed by atoms with Crippen molar-refractivity contribution in [1.82, 2.24) is 14.7 Å². The van der Waals surface area contributed by atoms with Crippen molar-refractivity contribution in [1.29, 1.82) is 0 Å². The molecule has 2 aromatic heterocycles. The number of nitrogens with zero attached hydrogens (tertiary/aromatic N) is 2. The molecule has 1 saturated carbocycles. The summed E-state index contributed by atoms with van der Waals surface area (Å²) in [7, 11) is 0. The van der Waals surface area contributed by atoms with E-state index >= 15 is 0 Å². The number of carbonyl (C=O) groups excluding carboxylic acids is 1. The number of hydrogen-bond donors (Lipinski definition) is 2. The molecule has 6 heteroatoms. The average Bonchev–Trinajstić information content (AvgIpc) is 2.44. The number of hydrogen-bond acceptors (Lipinski definition) is 4. The molecule has 3 rings (SSSR count). The van der Waals surface area contributed by atoms with Crippen LogP contribution in [0.2, 0.25) is 0 Å². The Morgan fingerprint density at radius 2 is 2.29 bits per heavy atom. The number of nitrogens with one attached hydrogen (secondary N) is 1. The molecule has 0 aliphatic heterocycles. The second-order valence-corrected chi connectivity index (χ2v) is 5.62. The summed E-state index contributed by atoms with van der Waals surface area (Å²) in [5.41, 5.74) is 0.178. The number of pyridine rings is 1. The maximum absolute atomic E-state index is 12.3. The fraction of sp³-hybridized carbons (Fsp3) is 0.400. The van der Waals surface area contributed by atoms with Crippen molar-refractivity contribution in [3.05, 3.63) is 46.0 Å². The molecule has 1 fully saturated rings. The quantitative estimate of drug-likeness (QED) is 0.868. The summed E-state index contributed by atoms with van der Waals surface area (Å²) in [5, 5.41) is 12.6. The van der Waals surface area contributed by atoms with E-state index in [0.29, 0.717) is 18.5 Å². The highest BCUT2D eigenvalue weighted by molar-refractivity contribution is 5.93. The van der Waals surface area contributed by atoms with Crippen LogP contribution in [-0.2, 0) is 0 Å². The molecule has 0 unspecified atom stereocenters. The summed E-state index contributed by atoms with van der Waals surface area (Å²) in [6.07, 6.45) is 5.22. The highest BCUT2D eigenvalue weighted by Gasteiger charge is 2.34. The molecule has 6 nitrogen and oxygen atoms in total. The lowest BCUT2D eigenvalue weighted by Gasteiger charge is -2.36. The van der Waals surface area contributed by atoms with Crippen LogP contribution in [0.4, 0.5) is 0 Å². The normalized spacial score (nSPS) is 16.5. The third-order valence-corrected chi connectivity index (χ3v) is 4.03. The standard InChI is InChI=1S/C15H17N3O3/c1-10-4-2-7-18-12(10)16-8-11(14(18)20)13(19)17-9-15(21)5-3-6-15/h2,4,7-8,21H,3,5-6,9H2,1H3,(H,17,19). The van der Waals surface area contributed by atoms with Crippen LogP contribution in [0.3, 0.4) is 0 Å². The van der Waals surface area contributed by atoms with Crippen molar-refractivity contribution >= 4 is 11.6 Å². The van der Waals surface area contributed by atoms with Crippen molar-refractivity contribution in [2.75, 3.05) is 6.54 Å². The van der Waals surface area contributed by atoms with Crippen LogP contribution in [0.1, 0.15) is 35.2 Å². The van der Waals surface area contributed by atoms with Gasteiger partial charge in [0, 0.05) is 18.9 Å². The van der Waals surface area contributed by atoms with Crippen LogP contribution in [0.15, 0.2) is 29.3 Å². The van der Waals surface area contributed by atoms with Crippen molar-refractivity contribution in [3.8, 4) is 0 Å². The van der Waals surface area contributed by atoms with Crippen LogP contribution >= 0.6 is 0 Å². The van der Waals surface area contributed by atoms with E-state index in [0.717, 1.165) is 12.0 Å². The summed E-state index contributed by atoms with van der Waals surface area (Å²) < 4.78 is 1.36. The molecule has 110 valence electrons. The Hall–Kier alpha value is -2.21. The second kappa shape index (κ2) is 4.96. The van der Waals surface area contributed by atoms with Gasteiger partial charge in [-0.15, -0.1) is 0 Å². The molecular formula is C15H17N3O3. The first-order valence-electron chi connectivity index (χ1n) is 6.98. The molecule has 0 radical (unpaired) electrons. The summed E-state index contributed by atoms with van der Waals surface area (Å²) in [6, 6.07) is 3.60. The van der Waals surface area contributed by atoms with Gasteiger partial charge >= 0.3 is 0 Å². The van der Waals surface area contributed by atoms with Gasteiger partial charge in [0.1, 0.15) is 11.2 Å². The van der Waals surface area contributed by atoms with E-state index in [2.05, 4.69) is 10.3 Å². The van der Waals surface area contributed by atoms with E-state index in [-0.39, 0.29) is 12.1 Å². The summed E-state index contributed by atoms with van der Waals surface area (Å²) >= 11 is 0. The van der Waals surface area contributed by atoms with Crippen molar-refractivity contribution in [2.45, 2.75) is 31.8 Å². The van der Waals surface area contributed by atoms with Crippen LogP contribution in [-0.4, -0.2) is 32.5 Å². The van der Waals surface area contributed by atoms with Gasteiger partial charge in [0.15, 0.2) is 0 Å². The zero-order valence-electron chi connectivity index (χ0n) is 11.8. The Balaban J connectivity index is 1.88. The van der Waals surface area contributed by atoms with Gasteiger partial charge in [0.25, 0.3) is 11.5 Å². The molecule has 2 aromatic rings. The van der Waals surface area contributed by atoms with Crippen molar-refractivity contribution < 1.29 is 9.90 Å². The molecule has 21 heavy (non-hydrogen) atoms. The first-order chi connectivity index (χ1) is 10.0. The molecule has 0 spiro atoms. The number of aromatic nitrogens is 2. The number of rotatable bonds is 3. The first-order valence-corrected chi connectivity index (χ1v) is 6.98. The molecule has 0 aromatic carbocycles. The minimum atomic E-state index is -0.813. The summed E-state index contributed by atoms with van der Waals surface area (Å²) in [4.78, 5) is 28.6. The average molecular weight is 287 g/mol. The van der Waals surface area contributed by atoms with Crippen LogP contribution in [0.25, 0.3) is 5.65 Å². The maximum Gasteiger partial charge on any atom is 0.270 e. The predicted molar refractivity (Wildman–Crippen MR) is 77.3 cm³/mol. The number of aliphatic hydroxyl groups is 1. The Bertz CT molecular complexity index is 762. The van der Waals surface area contributed by atoms with Gasteiger partial charge in [0.05, 0.1) is 5.60 Å². The maximum atomic E-state index is 12.3. The fourth-order valence-corrected chi connectivity index (χ4v) is 2.50. The Labute approximate surface area is 121 Å². The van der Waals surface area contributed by atoms with Gasteiger partial charge in [0.2, 0.25) is 0 Å². The van der Waals surface area contributed by atoms with Gasteiger partial charge < -0.3 is 10.4 Å². The lowest BCUT2D eigenvalue weighted by molar-refractivity contribution is -0.0300. The SMILES string of the molecule is Cc1cccn2c(=O)c(C(=O)NCC3(O)CCC3)cnc12. The first kappa shape index (κ1) is 13.8. The Kier molecular flexibility index (Phi) is 3.25. The molecule has 1 aliphatic carbocycles. The Morgan fingerprint density at radius 3 is 2.95 bits per heavy atom. The number of amides is 1. The third kappa shape index (κ3) is 2.42. The second-order valence-electron chi connectivity index (χ2n) is 5.62. The molecular weight excluding hydrogens is 270 g/mol. The minimum Gasteiger partial charge on any atom is -0.388 e. The van der Waals surface area contributed by atoms with Crippen LogP contribution in [0.5, 0.6) is 0 Å². The van der Waals surface area contributed by atoms with E-state index in [1.807, 2.05) is 13.0 Å². The Morgan fingerprint density at radius 1 is 1.52 bits per heavy atom. The van der Waals surface area contributed by atoms with Gasteiger partial charge in [-0.3, -0.25) is 14.0 Å². The van der Waals surface area contributed by atoms with E-state index in [1.54, 1.807) is 12.3 Å². The third-order valence-electron chi connectivity index (χ3n) is 4.03. The van der Waals surface area contributed by atoms with Gasteiger partial charge in [-0.05, 0) is 37.8 Å². The molecule has 0 atom stereocenters. The molecule has 0 saturated heterocycles. The van der Waals surface area contributed by atoms with E-state index < -0.39 is 17.1 Å². The molecule has 0 bridgehead atoms. The molecule has 2 N–H and O–H groups in total. The van der Waals surface area contributed by atoms with Crippen molar-refractivity contribution in [2.24, 2.45) is 0 Å². The predicted octanol–water partition coefficient (Wildman–Crippen LogP) is 0.648. The van der Waals surface area contributed by atoms with E-state index in [9.17, 15) is 14.7 Å². The van der Waals surface area contributed by atoms with Gasteiger partial charge in [-0.25, -0.2) is 4.98 Å². The monoisotopic (exact) mass is 287 g/mol. The summed E-state index contributed by atoms with van der Waals surface area (Å²) in [6.45, 7) is 2.02. The topological polar surface area (TPSA) is 83.7 Å². The zero-order chi connectivity index (χ0) is 15.0. The van der Waals surface area contributed by atoms with Crippen molar-refractivity contribution in [3.63, 3.8) is 0 Å². The van der Waals surface area contributed by atoms with E-state index in [1.165, 1.54) is 10.6 Å². The molecule has 1 aliphatic rings. The largest absolute Gasteiger partial charge is 0.388 e. The highest BCUT2D eigenvalue weighted by atomic mass is 16.3. The van der Waals surface area contributed by atoms with Crippen LogP contribution in [0, 0.1) is 6.92 Å². The smallest absolute Gasteiger partial charge is 0.270 e. The highest BCUT2D eigenvalue weighted by Crippen LogP contribution is 2.30. The minimum absolute atomic E-state index is 0.0129. The van der Waals surface area contributed by atoms with Crippen LogP contribution < -0.4 is 10.9 Å². The number of carbonyl (C=O) groups is 1. The number of fused-ring (bicyclic) bond motifs is 1. The fourth-order valence-electron chi connectivity index (χ4n) is 2.50. The molecule has 1 amide bonds. The lowest BCUT2D eigenvalue weighted by Crippen LogP contribution is -2.48. The molecule has 2 heterocycles. The van der Waals surface area contributed by atoms with Gasteiger partial charge in [-0.1, -0.05) is 6.07 Å². The summed E-state index contributed by atoms with van der Waals surface area (Å²) in [5.74, 6) is -0.497.